The number of rotatable bonds is 4. The zero-order chi connectivity index (χ0) is 24.6. The van der Waals surface area contributed by atoms with Gasteiger partial charge in [-0.3, -0.25) is 0 Å². The number of hydrogen-bond donors (Lipinski definition) is 0. The number of carbonyl (C=O) groups excluding carboxylic acids is 1. The van der Waals surface area contributed by atoms with Gasteiger partial charge in [0.15, 0.2) is 5.79 Å². The molecule has 1 unspecified atom stereocenters. The minimum absolute atomic E-state index is 0.102. The smallest absolute Gasteiger partial charge is 0.334 e. The molecule has 3 heterocycles. The second kappa shape index (κ2) is 7.73. The monoisotopic (exact) mass is 494 g/mol. The lowest BCUT2D eigenvalue weighted by molar-refractivity contribution is -0.161. The Hall–Kier alpha value is -2.03. The molecule has 3 aliphatic heterocycles. The van der Waals surface area contributed by atoms with Gasteiger partial charge < -0.3 is 23.4 Å². The average Bonchev–Trinajstić information content (AvgIpc) is 3.48. The fourth-order valence-corrected chi connectivity index (χ4v) is 11.2. The highest BCUT2D eigenvalue weighted by Crippen LogP contribution is 2.56. The predicted molar refractivity (Wildman–Crippen MR) is 133 cm³/mol. The van der Waals surface area contributed by atoms with E-state index >= 15 is 0 Å². The van der Waals surface area contributed by atoms with Gasteiger partial charge in [0.1, 0.15) is 30.0 Å². The molecule has 2 aromatic rings. The maximum Gasteiger partial charge on any atom is 0.334 e. The van der Waals surface area contributed by atoms with Crippen LogP contribution in [0.25, 0.3) is 0 Å². The zero-order valence-corrected chi connectivity index (χ0v) is 22.0. The van der Waals surface area contributed by atoms with Crippen LogP contribution in [-0.2, 0) is 28.2 Å². The van der Waals surface area contributed by atoms with Crippen molar-refractivity contribution >= 4 is 24.7 Å². The van der Waals surface area contributed by atoms with Crippen molar-refractivity contribution < 1.29 is 28.2 Å². The molecule has 3 saturated heterocycles. The van der Waals surface area contributed by atoms with Gasteiger partial charge in [-0.2, -0.15) is 0 Å². The van der Waals surface area contributed by atoms with Crippen molar-refractivity contribution in [2.75, 3.05) is 0 Å². The maximum atomic E-state index is 13.4. The van der Waals surface area contributed by atoms with Crippen LogP contribution in [0.1, 0.15) is 47.5 Å². The van der Waals surface area contributed by atoms with E-state index in [9.17, 15) is 4.79 Å². The molecule has 6 rings (SSSR count). The van der Waals surface area contributed by atoms with Gasteiger partial charge in [0.25, 0.3) is 8.32 Å². The molecule has 7 heteroatoms. The summed E-state index contributed by atoms with van der Waals surface area (Å²) in [5, 5.41) is 2.06. The van der Waals surface area contributed by atoms with Gasteiger partial charge >= 0.3 is 5.97 Å². The van der Waals surface area contributed by atoms with E-state index in [-0.39, 0.29) is 35.4 Å². The molecule has 0 amide bonds. The third-order valence-corrected chi connectivity index (χ3v) is 13.0. The van der Waals surface area contributed by atoms with E-state index in [4.69, 9.17) is 23.4 Å². The molecule has 35 heavy (non-hydrogen) atoms. The van der Waals surface area contributed by atoms with Crippen molar-refractivity contribution in [1.29, 1.82) is 0 Å². The first-order chi connectivity index (χ1) is 16.5. The first-order valence-electron chi connectivity index (χ1n) is 12.6. The highest BCUT2D eigenvalue weighted by molar-refractivity contribution is 6.99. The summed E-state index contributed by atoms with van der Waals surface area (Å²) in [7, 11) is -2.89. The minimum Gasteiger partial charge on any atom is -0.454 e. The van der Waals surface area contributed by atoms with Gasteiger partial charge in [0.05, 0.1) is 6.10 Å². The molecule has 2 aromatic carbocycles. The van der Waals surface area contributed by atoms with Crippen LogP contribution in [0.3, 0.4) is 0 Å². The molecule has 6 nitrogen and oxygen atoms in total. The lowest BCUT2D eigenvalue weighted by Crippen LogP contribution is -2.68. The van der Waals surface area contributed by atoms with Crippen molar-refractivity contribution in [3.8, 4) is 0 Å². The summed E-state index contributed by atoms with van der Waals surface area (Å²) in [6.45, 7) is 10.5. The standard InChI is InChI=1S/C28H34O6Si/c1-26(2,3)35(18-12-8-6-9-13-18,19-14-10-7-11-15-19)34-21-17-28(33-25(21)29)16-20-22(23-24(28)30-23)32-27(4,5)31-20/h6-15,20-24H,16-17H2,1-5H3/t20-,21?,22-,23-,24-,28-/m1/s1. The zero-order valence-electron chi connectivity index (χ0n) is 21.0. The van der Waals surface area contributed by atoms with Gasteiger partial charge in [0, 0.05) is 12.8 Å². The van der Waals surface area contributed by atoms with E-state index in [1.54, 1.807) is 0 Å². The molecule has 186 valence electrons. The first-order valence-corrected chi connectivity index (χ1v) is 14.5. The molecular weight excluding hydrogens is 460 g/mol. The summed E-state index contributed by atoms with van der Waals surface area (Å²) in [5.41, 5.74) is -0.733. The van der Waals surface area contributed by atoms with Crippen molar-refractivity contribution in [3.05, 3.63) is 60.7 Å². The highest BCUT2D eigenvalue weighted by Gasteiger charge is 2.72. The Balaban J connectivity index is 1.36. The molecule has 1 aliphatic carbocycles. The lowest BCUT2D eigenvalue weighted by atomic mass is 9.79. The number of benzene rings is 2. The number of ether oxygens (including phenoxy) is 4. The van der Waals surface area contributed by atoms with E-state index < -0.39 is 25.8 Å². The fourth-order valence-electron chi connectivity index (χ4n) is 6.55. The lowest BCUT2D eigenvalue weighted by Gasteiger charge is -2.44. The SMILES string of the molecule is CC1(C)O[C@H]2[C@H]3O[C@H]3[C@]3(CC(O[Si](c4ccccc4)(c4ccccc4)C(C)(C)C)C(=O)O3)C[C@H]2O1. The van der Waals surface area contributed by atoms with Crippen LogP contribution in [0.2, 0.25) is 5.04 Å². The summed E-state index contributed by atoms with van der Waals surface area (Å²) in [5.74, 6) is -0.964. The van der Waals surface area contributed by atoms with Crippen LogP contribution < -0.4 is 10.4 Å². The summed E-state index contributed by atoms with van der Waals surface area (Å²) in [6, 6.07) is 20.8. The molecule has 0 bridgehead atoms. The Morgan fingerprint density at radius 3 is 2.06 bits per heavy atom. The molecule has 1 saturated carbocycles. The van der Waals surface area contributed by atoms with Crippen molar-refractivity contribution in [2.24, 2.45) is 0 Å². The highest BCUT2D eigenvalue weighted by atomic mass is 28.4. The number of carbonyl (C=O) groups is 1. The van der Waals surface area contributed by atoms with Crippen LogP contribution >= 0.6 is 0 Å². The molecule has 4 fully saturated rings. The van der Waals surface area contributed by atoms with E-state index in [2.05, 4.69) is 45.0 Å². The normalized spacial score (nSPS) is 35.5. The first kappa shape index (κ1) is 23.4. The molecule has 4 aliphatic rings. The Kier molecular flexibility index (Phi) is 5.16. The third kappa shape index (κ3) is 3.63. The van der Waals surface area contributed by atoms with Gasteiger partial charge in [-0.25, -0.2) is 4.79 Å². The Morgan fingerprint density at radius 2 is 1.49 bits per heavy atom. The maximum absolute atomic E-state index is 13.4. The van der Waals surface area contributed by atoms with Crippen molar-refractivity contribution in [3.63, 3.8) is 0 Å². The number of esters is 1. The van der Waals surface area contributed by atoms with Crippen molar-refractivity contribution in [2.45, 2.75) is 94.4 Å². The molecule has 1 spiro atoms. The Bertz CT molecular complexity index is 1070. The van der Waals surface area contributed by atoms with Gasteiger partial charge in [0.2, 0.25) is 0 Å². The molecular formula is C28H34O6Si. The summed E-state index contributed by atoms with van der Waals surface area (Å²) in [4.78, 5) is 13.4. The molecule has 6 atom stereocenters. The largest absolute Gasteiger partial charge is 0.454 e. The minimum atomic E-state index is -2.89. The predicted octanol–water partition coefficient (Wildman–Crippen LogP) is 3.31. The number of epoxide rings is 1. The number of hydrogen-bond acceptors (Lipinski definition) is 6. The second-order valence-corrected chi connectivity index (χ2v) is 16.1. The van der Waals surface area contributed by atoms with Gasteiger partial charge in [-0.1, -0.05) is 81.4 Å². The molecule has 0 N–H and O–H groups in total. The number of fused-ring (bicyclic) bond motifs is 4. The van der Waals surface area contributed by atoms with Crippen LogP contribution in [-0.4, -0.2) is 56.2 Å². The van der Waals surface area contributed by atoms with Crippen molar-refractivity contribution in [1.82, 2.24) is 0 Å². The quantitative estimate of drug-likeness (QED) is 0.369. The molecule has 0 aromatic heterocycles. The van der Waals surface area contributed by atoms with Crippen LogP contribution in [0.5, 0.6) is 0 Å². The summed E-state index contributed by atoms with van der Waals surface area (Å²) >= 11 is 0. The third-order valence-electron chi connectivity index (χ3n) is 7.97. The van der Waals surface area contributed by atoms with E-state index in [1.807, 2.05) is 50.2 Å². The molecule has 0 radical (unpaired) electrons. The second-order valence-electron chi connectivity index (χ2n) is 11.8. The summed E-state index contributed by atoms with van der Waals surface area (Å²) < 4.78 is 31.6. The van der Waals surface area contributed by atoms with Crippen LogP contribution in [0.4, 0.5) is 0 Å². The fraction of sp³-hybridized carbons (Fsp3) is 0.536. The van der Waals surface area contributed by atoms with Gasteiger partial charge in [-0.05, 0) is 29.3 Å². The average molecular weight is 495 g/mol. The Morgan fingerprint density at radius 1 is 0.886 bits per heavy atom. The topological polar surface area (TPSA) is 66.5 Å². The van der Waals surface area contributed by atoms with E-state index in [1.165, 1.54) is 0 Å². The van der Waals surface area contributed by atoms with Crippen LogP contribution in [0.15, 0.2) is 60.7 Å². The summed E-state index contributed by atoms with van der Waals surface area (Å²) in [6.07, 6.45) is -0.186. The van der Waals surface area contributed by atoms with E-state index in [0.717, 1.165) is 10.4 Å². The van der Waals surface area contributed by atoms with E-state index in [0.29, 0.717) is 12.8 Å². The van der Waals surface area contributed by atoms with Crippen LogP contribution in [0, 0.1) is 0 Å². The Labute approximate surface area is 208 Å². The van der Waals surface area contributed by atoms with Gasteiger partial charge in [-0.15, -0.1) is 0 Å².